The zero-order valence-corrected chi connectivity index (χ0v) is 26.6. The predicted molar refractivity (Wildman–Crippen MR) is 182 cm³/mol. The third-order valence-corrected chi connectivity index (χ3v) is 9.64. The molecule has 1 saturated heterocycles. The minimum atomic E-state index is -3.93. The molecule has 0 unspecified atom stereocenters. The molecule has 0 atom stereocenters. The molecule has 1 aliphatic heterocycles. The van der Waals surface area contributed by atoms with Gasteiger partial charge >= 0.3 is 0 Å². The highest BCUT2D eigenvalue weighted by atomic mass is 32.2. The minimum absolute atomic E-state index is 0.0106. The number of aliphatic imine (C=N–C) groups is 1. The SMILES string of the molecule is C=CN=C1C(=C)C=CC=C1S(=O)(=O)Nc1ccc(C(=O)N2CCCN(Cc3ccc(OCCCC4=CCCC4)cc3)CC2)cc1. The smallest absolute Gasteiger partial charge is 0.264 e. The second-order valence-electron chi connectivity index (χ2n) is 11.5. The van der Waals surface area contributed by atoms with Gasteiger partial charge in [0, 0.05) is 50.2 Å². The van der Waals surface area contributed by atoms with E-state index in [0.29, 0.717) is 29.9 Å². The molecule has 0 bridgehead atoms. The van der Waals surface area contributed by atoms with E-state index in [4.69, 9.17) is 4.74 Å². The summed E-state index contributed by atoms with van der Waals surface area (Å²) < 4.78 is 34.7. The van der Waals surface area contributed by atoms with Crippen LogP contribution in [-0.2, 0) is 16.6 Å². The van der Waals surface area contributed by atoms with Crippen molar-refractivity contribution < 1.29 is 17.9 Å². The van der Waals surface area contributed by atoms with Gasteiger partial charge in [-0.1, -0.05) is 49.1 Å². The fourth-order valence-electron chi connectivity index (χ4n) is 5.83. The van der Waals surface area contributed by atoms with Crippen LogP contribution in [0.3, 0.4) is 0 Å². The van der Waals surface area contributed by atoms with Crippen molar-refractivity contribution in [1.82, 2.24) is 9.80 Å². The van der Waals surface area contributed by atoms with Crippen LogP contribution in [0.5, 0.6) is 5.75 Å². The summed E-state index contributed by atoms with van der Waals surface area (Å²) in [4.78, 5) is 21.7. The lowest BCUT2D eigenvalue weighted by atomic mass is 10.1. The lowest BCUT2D eigenvalue weighted by Crippen LogP contribution is -2.35. The molecule has 45 heavy (non-hydrogen) atoms. The molecule has 1 N–H and O–H groups in total. The number of ether oxygens (including phenoxy) is 1. The van der Waals surface area contributed by atoms with E-state index in [9.17, 15) is 13.2 Å². The first-order valence-electron chi connectivity index (χ1n) is 15.6. The largest absolute Gasteiger partial charge is 0.494 e. The van der Waals surface area contributed by atoms with Crippen LogP contribution < -0.4 is 9.46 Å². The van der Waals surface area contributed by atoms with Gasteiger partial charge in [-0.05, 0) is 92.1 Å². The summed E-state index contributed by atoms with van der Waals surface area (Å²) in [5.41, 5.74) is 4.40. The summed E-state index contributed by atoms with van der Waals surface area (Å²) in [7, 11) is -3.93. The van der Waals surface area contributed by atoms with Crippen LogP contribution in [0.1, 0.15) is 54.4 Å². The molecule has 9 heteroatoms. The number of hydrogen-bond donors (Lipinski definition) is 1. The van der Waals surface area contributed by atoms with Crippen LogP contribution in [-0.4, -0.2) is 62.6 Å². The van der Waals surface area contributed by atoms with Crippen molar-refractivity contribution in [2.75, 3.05) is 37.5 Å². The van der Waals surface area contributed by atoms with E-state index in [-0.39, 0.29) is 16.5 Å². The van der Waals surface area contributed by atoms with Crippen molar-refractivity contribution in [2.24, 2.45) is 4.99 Å². The molecule has 8 nitrogen and oxygen atoms in total. The summed E-state index contributed by atoms with van der Waals surface area (Å²) in [6.45, 7) is 12.0. The summed E-state index contributed by atoms with van der Waals surface area (Å²) >= 11 is 0. The van der Waals surface area contributed by atoms with Crippen molar-refractivity contribution in [1.29, 1.82) is 0 Å². The van der Waals surface area contributed by atoms with Crippen LogP contribution >= 0.6 is 0 Å². The first-order valence-corrected chi connectivity index (χ1v) is 17.1. The molecule has 5 rings (SSSR count). The molecule has 236 valence electrons. The van der Waals surface area contributed by atoms with Gasteiger partial charge in [0.1, 0.15) is 10.7 Å². The number of hydrogen-bond acceptors (Lipinski definition) is 6. The normalized spacial score (nSPS) is 18.4. The van der Waals surface area contributed by atoms with Gasteiger partial charge in [0.25, 0.3) is 15.9 Å². The first-order chi connectivity index (χ1) is 21.8. The Hall–Kier alpha value is -4.21. The summed E-state index contributed by atoms with van der Waals surface area (Å²) in [5, 5.41) is 0. The van der Waals surface area contributed by atoms with Gasteiger partial charge in [-0.25, -0.2) is 8.42 Å². The molecule has 1 heterocycles. The van der Waals surface area contributed by atoms with E-state index >= 15 is 0 Å². The molecule has 2 aromatic rings. The molecular weight excluding hydrogens is 584 g/mol. The zero-order chi connectivity index (χ0) is 31.6. The van der Waals surface area contributed by atoms with Gasteiger partial charge in [0.15, 0.2) is 0 Å². The average molecular weight is 627 g/mol. The standard InChI is InChI=1S/C36H42N4O4S/c1-3-37-35-28(2)9-6-13-34(35)45(42,43)38-32-18-16-31(17-19-32)36(41)40-23-8-22-39(24-25-40)27-30-14-20-33(21-15-30)44-26-7-12-29-10-4-5-11-29/h3,6,9-10,13-21,38H,1-2,4-5,7-8,11-12,22-27H2. The number of nitrogens with zero attached hydrogens (tertiary/aromatic N) is 3. The van der Waals surface area contributed by atoms with E-state index in [1.807, 2.05) is 4.90 Å². The van der Waals surface area contributed by atoms with Gasteiger partial charge in [0.2, 0.25) is 0 Å². The number of rotatable bonds is 12. The Morgan fingerprint density at radius 1 is 1.02 bits per heavy atom. The second kappa shape index (κ2) is 15.2. The molecule has 0 radical (unpaired) electrons. The lowest BCUT2D eigenvalue weighted by molar-refractivity contribution is 0.0761. The third kappa shape index (κ3) is 8.71. The van der Waals surface area contributed by atoms with E-state index in [2.05, 4.69) is 58.1 Å². The van der Waals surface area contributed by atoms with Crippen LogP contribution in [0.25, 0.3) is 0 Å². The van der Waals surface area contributed by atoms with Gasteiger partial charge < -0.3 is 9.64 Å². The van der Waals surface area contributed by atoms with E-state index < -0.39 is 10.0 Å². The van der Waals surface area contributed by atoms with Crippen molar-refractivity contribution in [3.63, 3.8) is 0 Å². The Labute approximate surface area is 267 Å². The second-order valence-corrected chi connectivity index (χ2v) is 13.2. The van der Waals surface area contributed by atoms with Gasteiger partial charge in [-0.15, -0.1) is 0 Å². The summed E-state index contributed by atoms with van der Waals surface area (Å²) in [5.74, 6) is 0.847. The number of nitrogens with one attached hydrogen (secondary N) is 1. The number of amides is 1. The highest BCUT2D eigenvalue weighted by Gasteiger charge is 2.26. The molecule has 2 aliphatic carbocycles. The maximum Gasteiger partial charge on any atom is 0.264 e. The minimum Gasteiger partial charge on any atom is -0.494 e. The highest BCUT2D eigenvalue weighted by molar-refractivity contribution is 7.97. The molecule has 3 aliphatic rings. The van der Waals surface area contributed by atoms with Gasteiger partial charge in [-0.2, -0.15) is 0 Å². The van der Waals surface area contributed by atoms with Crippen molar-refractivity contribution in [3.8, 4) is 5.75 Å². The molecular formula is C36H42N4O4S. The van der Waals surface area contributed by atoms with Crippen molar-refractivity contribution in [3.05, 3.63) is 119 Å². The number of anilines is 1. The van der Waals surface area contributed by atoms with Crippen molar-refractivity contribution in [2.45, 2.75) is 45.1 Å². The molecule has 2 aromatic carbocycles. The Morgan fingerprint density at radius 3 is 2.56 bits per heavy atom. The van der Waals surface area contributed by atoms with Crippen LogP contribution in [0.15, 0.2) is 113 Å². The zero-order valence-electron chi connectivity index (χ0n) is 25.8. The predicted octanol–water partition coefficient (Wildman–Crippen LogP) is 6.64. The quantitative estimate of drug-likeness (QED) is 0.211. The molecule has 1 fully saturated rings. The van der Waals surface area contributed by atoms with E-state index in [0.717, 1.165) is 51.3 Å². The number of allylic oxidation sites excluding steroid dienone is 7. The molecule has 0 spiro atoms. The lowest BCUT2D eigenvalue weighted by Gasteiger charge is -2.22. The molecule has 1 amide bonds. The summed E-state index contributed by atoms with van der Waals surface area (Å²) in [6.07, 6.45) is 15.3. The fraction of sp³-hybridized carbons (Fsp3) is 0.333. The maximum atomic E-state index is 13.3. The topological polar surface area (TPSA) is 91.3 Å². The van der Waals surface area contributed by atoms with E-state index in [1.54, 1.807) is 42.0 Å². The number of sulfonamides is 1. The molecule has 0 aromatic heterocycles. The third-order valence-electron chi connectivity index (χ3n) is 8.23. The number of carbonyl (C=O) groups is 1. The van der Waals surface area contributed by atoms with Gasteiger partial charge in [0.05, 0.1) is 12.3 Å². The van der Waals surface area contributed by atoms with Crippen molar-refractivity contribution >= 4 is 27.3 Å². The Bertz CT molecular complexity index is 1620. The average Bonchev–Trinajstić information content (AvgIpc) is 3.45. The Morgan fingerprint density at radius 2 is 1.82 bits per heavy atom. The Kier molecular flexibility index (Phi) is 10.9. The fourth-order valence-corrected chi connectivity index (χ4v) is 7.08. The van der Waals surface area contributed by atoms with Crippen LogP contribution in [0, 0.1) is 0 Å². The highest BCUT2D eigenvalue weighted by Crippen LogP contribution is 2.24. The Balaban J connectivity index is 1.10. The van der Waals surface area contributed by atoms with Crippen LogP contribution in [0.2, 0.25) is 0 Å². The monoisotopic (exact) mass is 626 g/mol. The van der Waals surface area contributed by atoms with E-state index in [1.165, 1.54) is 37.1 Å². The van der Waals surface area contributed by atoms with Gasteiger partial charge in [-0.3, -0.25) is 19.4 Å². The maximum absolute atomic E-state index is 13.3. The first kappa shape index (κ1) is 32.2. The number of carbonyl (C=O) groups excluding carboxylic acids is 1. The number of benzene rings is 2. The van der Waals surface area contributed by atoms with Crippen LogP contribution in [0.4, 0.5) is 5.69 Å². The molecule has 0 saturated carbocycles. The summed E-state index contributed by atoms with van der Waals surface area (Å²) in [6, 6.07) is 14.9.